The number of carbonyl (C=O) groups is 3. The molecule has 1 rings (SSSR count). The predicted molar refractivity (Wildman–Crippen MR) is 83.4 cm³/mol. The predicted octanol–water partition coefficient (Wildman–Crippen LogP) is 2.44. The maximum Gasteiger partial charge on any atom is 0.326 e. The average Bonchev–Trinajstić information content (AvgIpc) is 2.43. The van der Waals surface area contributed by atoms with Gasteiger partial charge in [0, 0.05) is 0 Å². The molecule has 0 spiro atoms. The molecule has 0 aromatic carbocycles. The van der Waals surface area contributed by atoms with Crippen molar-refractivity contribution in [1.82, 2.24) is 5.32 Å². The summed E-state index contributed by atoms with van der Waals surface area (Å²) >= 11 is 0. The van der Waals surface area contributed by atoms with Gasteiger partial charge in [-0.1, -0.05) is 32.4 Å². The number of aliphatic carboxylic acids is 2. The summed E-state index contributed by atoms with van der Waals surface area (Å²) in [5.74, 6) is -0.807. The van der Waals surface area contributed by atoms with Crippen molar-refractivity contribution in [3.05, 3.63) is 12.2 Å². The van der Waals surface area contributed by atoms with Crippen LogP contribution in [-0.4, -0.2) is 34.6 Å². The van der Waals surface area contributed by atoms with Crippen molar-refractivity contribution < 1.29 is 24.6 Å². The van der Waals surface area contributed by atoms with Crippen LogP contribution >= 0.6 is 0 Å². The van der Waals surface area contributed by atoms with E-state index < -0.39 is 24.4 Å². The largest absolute Gasteiger partial charge is 0.481 e. The fourth-order valence-electron chi connectivity index (χ4n) is 2.22. The molecule has 0 aromatic heterocycles. The van der Waals surface area contributed by atoms with E-state index in [4.69, 9.17) is 10.2 Å². The molecule has 0 aromatic rings. The molecule has 0 saturated carbocycles. The summed E-state index contributed by atoms with van der Waals surface area (Å²) < 4.78 is 0. The molecular formula is C16H27NO5. The molecular weight excluding hydrogens is 286 g/mol. The fraction of sp³-hybridized carbons (Fsp3) is 0.688. The Labute approximate surface area is 131 Å². The van der Waals surface area contributed by atoms with Gasteiger partial charge in [-0.3, -0.25) is 9.59 Å². The van der Waals surface area contributed by atoms with E-state index in [1.165, 1.54) is 32.1 Å². The van der Waals surface area contributed by atoms with Gasteiger partial charge in [0.25, 0.3) is 0 Å². The Morgan fingerprint density at radius 1 is 1.32 bits per heavy atom. The lowest BCUT2D eigenvalue weighted by molar-refractivity contribution is -0.146. The van der Waals surface area contributed by atoms with Crippen LogP contribution in [0.5, 0.6) is 0 Å². The standard InChI is InChI=1S/C11H20.C5H7NO5/c1-3-11-7-5-4-6-10(2)8-9-11;7-2-6-3(5(10)11)1-4(8)9/h5,7,10-11H,3-4,6,8-9H2,1-2H3;2-3H,1H2,(H,6,7)(H,8,9)(H,10,11)/b7-5+;. The zero-order valence-corrected chi connectivity index (χ0v) is 13.3. The Balaban J connectivity index is 0.000000401. The van der Waals surface area contributed by atoms with E-state index in [0.717, 1.165) is 11.8 Å². The third kappa shape index (κ3) is 9.96. The Bertz CT molecular complexity index is 381. The second kappa shape index (κ2) is 11.8. The molecule has 3 N–H and O–H groups in total. The van der Waals surface area contributed by atoms with E-state index >= 15 is 0 Å². The molecule has 0 aliphatic heterocycles. The van der Waals surface area contributed by atoms with Gasteiger partial charge in [0.05, 0.1) is 6.42 Å². The number of carboxylic acid groups (broad SMARTS) is 2. The van der Waals surface area contributed by atoms with Gasteiger partial charge in [0.1, 0.15) is 6.04 Å². The van der Waals surface area contributed by atoms with E-state index in [1.807, 2.05) is 5.32 Å². The molecule has 0 fully saturated rings. The van der Waals surface area contributed by atoms with E-state index in [-0.39, 0.29) is 6.41 Å². The molecule has 0 heterocycles. The monoisotopic (exact) mass is 313 g/mol. The summed E-state index contributed by atoms with van der Waals surface area (Å²) in [6.07, 6.45) is 11.2. The van der Waals surface area contributed by atoms with Crippen molar-refractivity contribution in [2.75, 3.05) is 0 Å². The zero-order valence-electron chi connectivity index (χ0n) is 13.3. The summed E-state index contributed by atoms with van der Waals surface area (Å²) in [5, 5.41) is 18.3. The minimum Gasteiger partial charge on any atom is -0.481 e. The smallest absolute Gasteiger partial charge is 0.326 e. The van der Waals surface area contributed by atoms with Gasteiger partial charge in [0.15, 0.2) is 0 Å². The molecule has 0 radical (unpaired) electrons. The van der Waals surface area contributed by atoms with Gasteiger partial charge >= 0.3 is 11.9 Å². The number of allylic oxidation sites excluding steroid dienone is 2. The Hall–Kier alpha value is -1.85. The lowest BCUT2D eigenvalue weighted by Crippen LogP contribution is -2.37. The highest BCUT2D eigenvalue weighted by Crippen LogP contribution is 2.23. The zero-order chi connectivity index (χ0) is 17.0. The lowest BCUT2D eigenvalue weighted by Gasteiger charge is -2.17. The summed E-state index contributed by atoms with van der Waals surface area (Å²) in [6.45, 7) is 4.67. The minimum atomic E-state index is -1.36. The number of nitrogens with one attached hydrogen (secondary N) is 1. The van der Waals surface area contributed by atoms with Gasteiger partial charge < -0.3 is 15.5 Å². The highest BCUT2D eigenvalue weighted by atomic mass is 16.4. The number of carbonyl (C=O) groups excluding carboxylic acids is 1. The van der Waals surface area contributed by atoms with Crippen LogP contribution in [-0.2, 0) is 14.4 Å². The molecule has 1 aliphatic rings. The van der Waals surface area contributed by atoms with Gasteiger partial charge in [-0.05, 0) is 37.5 Å². The summed E-state index contributed by atoms with van der Waals surface area (Å²) in [7, 11) is 0. The highest BCUT2D eigenvalue weighted by Gasteiger charge is 2.19. The van der Waals surface area contributed by atoms with Crippen LogP contribution < -0.4 is 5.32 Å². The van der Waals surface area contributed by atoms with Crippen molar-refractivity contribution in [3.63, 3.8) is 0 Å². The van der Waals surface area contributed by atoms with Crippen molar-refractivity contribution >= 4 is 18.3 Å². The topological polar surface area (TPSA) is 104 Å². The molecule has 0 saturated heterocycles. The molecule has 126 valence electrons. The number of hydrogen-bond acceptors (Lipinski definition) is 3. The van der Waals surface area contributed by atoms with Crippen molar-refractivity contribution in [2.45, 2.75) is 58.4 Å². The molecule has 3 atom stereocenters. The maximum atomic E-state index is 10.1. The van der Waals surface area contributed by atoms with Crippen molar-refractivity contribution in [2.24, 2.45) is 11.8 Å². The van der Waals surface area contributed by atoms with Crippen LogP contribution in [0.4, 0.5) is 0 Å². The van der Waals surface area contributed by atoms with Crippen molar-refractivity contribution in [1.29, 1.82) is 0 Å². The summed E-state index contributed by atoms with van der Waals surface area (Å²) in [5.41, 5.74) is 0. The molecule has 22 heavy (non-hydrogen) atoms. The average molecular weight is 313 g/mol. The molecule has 0 bridgehead atoms. The number of carboxylic acids is 2. The summed E-state index contributed by atoms with van der Waals surface area (Å²) in [6, 6.07) is -1.34. The first-order valence-corrected chi connectivity index (χ1v) is 7.71. The second-order valence-electron chi connectivity index (χ2n) is 5.63. The molecule has 1 amide bonds. The summed E-state index contributed by atoms with van der Waals surface area (Å²) in [4.78, 5) is 29.8. The number of hydrogen-bond donors (Lipinski definition) is 3. The minimum absolute atomic E-state index is 0.154. The van der Waals surface area contributed by atoms with Gasteiger partial charge in [-0.15, -0.1) is 0 Å². The Morgan fingerprint density at radius 2 is 2.00 bits per heavy atom. The molecule has 6 nitrogen and oxygen atoms in total. The van der Waals surface area contributed by atoms with Crippen LogP contribution in [0, 0.1) is 11.8 Å². The van der Waals surface area contributed by atoms with E-state index in [1.54, 1.807) is 0 Å². The van der Waals surface area contributed by atoms with Crippen molar-refractivity contribution in [3.8, 4) is 0 Å². The normalized spacial score (nSPS) is 23.7. The van der Waals surface area contributed by atoms with Crippen LogP contribution in [0.2, 0.25) is 0 Å². The van der Waals surface area contributed by atoms with E-state index in [2.05, 4.69) is 26.0 Å². The first-order chi connectivity index (χ1) is 10.4. The molecule has 6 heteroatoms. The SMILES string of the molecule is CCC1/C=C/CCC(C)CC1.O=CNC(CC(=O)O)C(=O)O. The second-order valence-corrected chi connectivity index (χ2v) is 5.63. The maximum absolute atomic E-state index is 10.1. The third-order valence-electron chi connectivity index (χ3n) is 3.74. The third-order valence-corrected chi connectivity index (χ3v) is 3.74. The lowest BCUT2D eigenvalue weighted by atomic mass is 9.89. The number of amides is 1. The molecule has 3 unspecified atom stereocenters. The van der Waals surface area contributed by atoms with Crippen LogP contribution in [0.15, 0.2) is 12.2 Å². The van der Waals surface area contributed by atoms with E-state index in [9.17, 15) is 14.4 Å². The number of rotatable bonds is 6. The Kier molecular flexibility index (Phi) is 10.8. The van der Waals surface area contributed by atoms with E-state index in [0.29, 0.717) is 0 Å². The molecule has 1 aliphatic carbocycles. The highest BCUT2D eigenvalue weighted by molar-refractivity contribution is 5.82. The Morgan fingerprint density at radius 3 is 2.50 bits per heavy atom. The van der Waals surface area contributed by atoms with Crippen LogP contribution in [0.1, 0.15) is 52.4 Å². The first kappa shape index (κ1) is 20.1. The first-order valence-electron chi connectivity index (χ1n) is 7.71. The van der Waals surface area contributed by atoms with Gasteiger partial charge in [-0.25, -0.2) is 4.79 Å². The van der Waals surface area contributed by atoms with Gasteiger partial charge in [-0.2, -0.15) is 0 Å². The quantitative estimate of drug-likeness (QED) is 0.516. The van der Waals surface area contributed by atoms with Gasteiger partial charge in [0.2, 0.25) is 6.41 Å². The van der Waals surface area contributed by atoms with Crippen LogP contribution in [0.25, 0.3) is 0 Å². The fourth-order valence-corrected chi connectivity index (χ4v) is 2.22. The van der Waals surface area contributed by atoms with Crippen LogP contribution in [0.3, 0.4) is 0 Å².